The Balaban J connectivity index is 1.75. The first-order valence-electron chi connectivity index (χ1n) is 9.03. The molecule has 3 saturated carbocycles. The van der Waals surface area contributed by atoms with Crippen molar-refractivity contribution >= 4 is 17.6 Å². The van der Waals surface area contributed by atoms with Gasteiger partial charge in [-0.25, -0.2) is 0 Å². The number of thiocarbonyl (C=S) groups is 1. The molecule has 3 fully saturated rings. The Kier molecular flexibility index (Phi) is 4.28. The maximum atomic E-state index is 5.02. The summed E-state index contributed by atoms with van der Waals surface area (Å²) >= 11 is 5.02. The van der Waals surface area contributed by atoms with Crippen LogP contribution in [0, 0.1) is 28.6 Å². The average molecular weight is 293 g/mol. The molecule has 0 saturated heterocycles. The van der Waals surface area contributed by atoms with Gasteiger partial charge in [0.15, 0.2) is 0 Å². The summed E-state index contributed by atoms with van der Waals surface area (Å²) in [6, 6.07) is 0. The molecule has 0 nitrogen and oxygen atoms in total. The van der Waals surface area contributed by atoms with Crippen LogP contribution >= 0.6 is 12.2 Å². The molecular weight excluding hydrogens is 260 g/mol. The Morgan fingerprint density at radius 3 is 2.60 bits per heavy atom. The van der Waals surface area contributed by atoms with Crippen LogP contribution in [0.15, 0.2) is 0 Å². The molecule has 0 aliphatic heterocycles. The van der Waals surface area contributed by atoms with Gasteiger partial charge in [0.05, 0.1) is 0 Å². The third-order valence-corrected chi connectivity index (χ3v) is 7.70. The maximum absolute atomic E-state index is 5.02. The Bertz CT molecular complexity index is 363. The summed E-state index contributed by atoms with van der Waals surface area (Å²) in [5, 5.41) is 1.94. The van der Waals surface area contributed by atoms with Gasteiger partial charge in [0.1, 0.15) is 0 Å². The van der Waals surface area contributed by atoms with Crippen LogP contribution in [0.3, 0.4) is 0 Å². The van der Waals surface area contributed by atoms with Crippen molar-refractivity contribution in [2.45, 2.75) is 84.5 Å². The molecular formula is C19H32S. The number of unbranched alkanes of at least 4 members (excludes halogenated alkanes) is 1. The van der Waals surface area contributed by atoms with E-state index in [0.717, 1.165) is 24.2 Å². The zero-order chi connectivity index (χ0) is 14.2. The summed E-state index contributed by atoms with van der Waals surface area (Å²) in [5.41, 5.74) is 1.35. The lowest BCUT2D eigenvalue weighted by Crippen LogP contribution is -2.47. The van der Waals surface area contributed by atoms with E-state index in [4.69, 9.17) is 12.2 Å². The molecule has 0 aromatic heterocycles. The summed E-state index contributed by atoms with van der Waals surface area (Å²) in [7, 11) is 0. The van der Waals surface area contributed by atoms with Crippen molar-refractivity contribution in [2.75, 3.05) is 0 Å². The van der Waals surface area contributed by atoms with Crippen LogP contribution in [-0.2, 0) is 0 Å². The molecule has 5 unspecified atom stereocenters. The zero-order valence-electron chi connectivity index (χ0n) is 13.5. The van der Waals surface area contributed by atoms with E-state index in [0.29, 0.717) is 10.8 Å². The fourth-order valence-electron chi connectivity index (χ4n) is 6.37. The van der Waals surface area contributed by atoms with E-state index in [1.165, 1.54) is 64.2 Å². The topological polar surface area (TPSA) is 0 Å². The van der Waals surface area contributed by atoms with Gasteiger partial charge in [0, 0.05) is 0 Å². The first kappa shape index (κ1) is 15.0. The van der Waals surface area contributed by atoms with Crippen LogP contribution in [0.2, 0.25) is 0 Å². The highest BCUT2D eigenvalue weighted by Crippen LogP contribution is 2.63. The zero-order valence-corrected chi connectivity index (χ0v) is 14.3. The van der Waals surface area contributed by atoms with E-state index in [-0.39, 0.29) is 0 Å². The molecule has 0 aromatic carbocycles. The molecule has 3 aliphatic carbocycles. The van der Waals surface area contributed by atoms with Gasteiger partial charge in [-0.05, 0) is 91.7 Å². The molecule has 1 heteroatoms. The van der Waals surface area contributed by atoms with Gasteiger partial charge >= 0.3 is 0 Å². The molecule has 3 rings (SSSR count). The molecule has 3 aliphatic rings. The Morgan fingerprint density at radius 2 is 1.80 bits per heavy atom. The second kappa shape index (κ2) is 5.71. The third kappa shape index (κ3) is 2.49. The van der Waals surface area contributed by atoms with Gasteiger partial charge in [-0.2, -0.15) is 0 Å². The normalized spacial score (nSPS) is 47.6. The minimum Gasteiger partial charge on any atom is -0.0935 e. The summed E-state index contributed by atoms with van der Waals surface area (Å²) < 4.78 is 0. The van der Waals surface area contributed by atoms with E-state index < -0.39 is 0 Å². The summed E-state index contributed by atoms with van der Waals surface area (Å²) in [5.74, 6) is 3.14. The molecule has 20 heavy (non-hydrogen) atoms. The smallest absolute Gasteiger partial charge is 0.0210 e. The van der Waals surface area contributed by atoms with E-state index in [2.05, 4.69) is 13.8 Å². The fraction of sp³-hybridized carbons (Fsp3) is 0.947. The predicted octanol–water partition coefficient (Wildman–Crippen LogP) is 6.18. The second-order valence-electron chi connectivity index (χ2n) is 8.57. The van der Waals surface area contributed by atoms with E-state index in [9.17, 15) is 0 Å². The Morgan fingerprint density at radius 1 is 1.00 bits per heavy atom. The van der Waals surface area contributed by atoms with Crippen LogP contribution in [-0.4, -0.2) is 5.37 Å². The first-order chi connectivity index (χ1) is 9.59. The number of hydrogen-bond donors (Lipinski definition) is 0. The lowest BCUT2D eigenvalue weighted by Gasteiger charge is -2.55. The lowest BCUT2D eigenvalue weighted by molar-refractivity contribution is -0.0592. The van der Waals surface area contributed by atoms with Crippen molar-refractivity contribution < 1.29 is 0 Å². The quantitative estimate of drug-likeness (QED) is 0.440. The molecule has 0 amide bonds. The fourth-order valence-corrected chi connectivity index (χ4v) is 6.54. The van der Waals surface area contributed by atoms with Crippen molar-refractivity contribution in [1.29, 1.82) is 0 Å². The van der Waals surface area contributed by atoms with Crippen LogP contribution < -0.4 is 0 Å². The molecule has 0 radical (unpaired) electrons. The minimum absolute atomic E-state index is 0.630. The summed E-state index contributed by atoms with van der Waals surface area (Å²) in [6.07, 6.45) is 16.0. The SMILES string of the molecule is CC1(CCCC=S)CCCC2C1CCC1(C)CCCC21. The van der Waals surface area contributed by atoms with Crippen molar-refractivity contribution in [3.8, 4) is 0 Å². The monoisotopic (exact) mass is 292 g/mol. The second-order valence-corrected chi connectivity index (χ2v) is 8.90. The highest BCUT2D eigenvalue weighted by Gasteiger charge is 2.53. The van der Waals surface area contributed by atoms with Gasteiger partial charge in [-0.3, -0.25) is 0 Å². The Labute approximate surface area is 131 Å². The van der Waals surface area contributed by atoms with Gasteiger partial charge in [-0.1, -0.05) is 38.9 Å². The molecule has 0 spiro atoms. The first-order valence-corrected chi connectivity index (χ1v) is 9.50. The van der Waals surface area contributed by atoms with Gasteiger partial charge in [0.25, 0.3) is 0 Å². The lowest BCUT2D eigenvalue weighted by atomic mass is 9.49. The number of hydrogen-bond acceptors (Lipinski definition) is 1. The van der Waals surface area contributed by atoms with E-state index in [1.807, 2.05) is 5.37 Å². The van der Waals surface area contributed by atoms with Crippen molar-refractivity contribution in [2.24, 2.45) is 28.6 Å². The third-order valence-electron chi connectivity index (χ3n) is 7.47. The summed E-state index contributed by atoms with van der Waals surface area (Å²) in [6.45, 7) is 5.23. The van der Waals surface area contributed by atoms with Crippen molar-refractivity contribution in [3.63, 3.8) is 0 Å². The van der Waals surface area contributed by atoms with Crippen LogP contribution in [0.4, 0.5) is 0 Å². The van der Waals surface area contributed by atoms with E-state index in [1.54, 1.807) is 0 Å². The molecule has 0 N–H and O–H groups in total. The maximum Gasteiger partial charge on any atom is -0.0210 e. The molecule has 0 aromatic rings. The van der Waals surface area contributed by atoms with E-state index >= 15 is 0 Å². The molecule has 5 atom stereocenters. The molecule has 0 heterocycles. The molecule has 114 valence electrons. The van der Waals surface area contributed by atoms with Crippen LogP contribution in [0.25, 0.3) is 0 Å². The highest BCUT2D eigenvalue weighted by atomic mass is 32.1. The van der Waals surface area contributed by atoms with Gasteiger partial charge in [-0.15, -0.1) is 0 Å². The highest BCUT2D eigenvalue weighted by molar-refractivity contribution is 7.78. The summed E-state index contributed by atoms with van der Waals surface area (Å²) in [4.78, 5) is 0. The standard InChI is InChI=1S/C19H32S/c1-18(10-3-4-14-20)11-5-7-15-16-8-6-12-19(16,2)13-9-17(15)18/h14-17H,3-13H2,1-2H3. The van der Waals surface area contributed by atoms with Gasteiger partial charge in [0.2, 0.25) is 0 Å². The van der Waals surface area contributed by atoms with Gasteiger partial charge < -0.3 is 0 Å². The largest absolute Gasteiger partial charge is 0.0935 e. The average Bonchev–Trinajstić information content (AvgIpc) is 2.81. The predicted molar refractivity (Wildman–Crippen MR) is 91.1 cm³/mol. The van der Waals surface area contributed by atoms with Crippen LogP contribution in [0.5, 0.6) is 0 Å². The number of rotatable bonds is 4. The number of fused-ring (bicyclic) bond motifs is 3. The van der Waals surface area contributed by atoms with Crippen molar-refractivity contribution in [3.05, 3.63) is 0 Å². The van der Waals surface area contributed by atoms with Crippen molar-refractivity contribution in [1.82, 2.24) is 0 Å². The minimum atomic E-state index is 0.630. The molecule has 0 bridgehead atoms. The van der Waals surface area contributed by atoms with Crippen LogP contribution in [0.1, 0.15) is 84.5 Å². The Hall–Kier alpha value is 0.0900.